The van der Waals surface area contributed by atoms with Crippen LogP contribution >= 0.6 is 0 Å². The quantitative estimate of drug-likeness (QED) is 0.729. The molecule has 1 aromatic heterocycles. The Morgan fingerprint density at radius 3 is 2.33 bits per heavy atom. The molecule has 0 unspecified atom stereocenters. The van der Waals surface area contributed by atoms with Gasteiger partial charge in [-0.3, -0.25) is 9.69 Å². The molecule has 8 heteroatoms. The summed E-state index contributed by atoms with van der Waals surface area (Å²) in [5, 5.41) is 2.92. The standard InChI is InChI=1S/C22H27F3N4O/c1-2-3-4-17-5-8-19(9-6-17)27-21(30)16-28-11-13-29(14-12-28)20-10-7-18(15-26-20)22(23,24)25/h5-10,15H,2-4,11-14,16H2,1H3,(H,27,30). The maximum atomic E-state index is 12.7. The first-order valence-electron chi connectivity index (χ1n) is 10.2. The van der Waals surface area contributed by atoms with Gasteiger partial charge in [-0.15, -0.1) is 0 Å². The summed E-state index contributed by atoms with van der Waals surface area (Å²) in [6.45, 7) is 4.95. The summed E-state index contributed by atoms with van der Waals surface area (Å²) in [7, 11) is 0. The summed E-state index contributed by atoms with van der Waals surface area (Å²) in [6, 6.07) is 10.4. The van der Waals surface area contributed by atoms with Crippen molar-refractivity contribution in [3.8, 4) is 0 Å². The fourth-order valence-electron chi connectivity index (χ4n) is 3.42. The molecular weight excluding hydrogens is 393 g/mol. The van der Waals surface area contributed by atoms with Gasteiger partial charge >= 0.3 is 6.18 Å². The van der Waals surface area contributed by atoms with Crippen LogP contribution in [-0.4, -0.2) is 48.5 Å². The third-order valence-corrected chi connectivity index (χ3v) is 5.20. The van der Waals surface area contributed by atoms with Crippen molar-refractivity contribution in [3.05, 3.63) is 53.7 Å². The van der Waals surface area contributed by atoms with Crippen molar-refractivity contribution in [2.75, 3.05) is 42.9 Å². The van der Waals surface area contributed by atoms with Gasteiger partial charge in [0.1, 0.15) is 5.82 Å². The summed E-state index contributed by atoms with van der Waals surface area (Å²) in [5.74, 6) is 0.452. The van der Waals surface area contributed by atoms with E-state index in [1.165, 1.54) is 11.6 Å². The fraction of sp³-hybridized carbons (Fsp3) is 0.455. The van der Waals surface area contributed by atoms with Crippen LogP contribution in [0.4, 0.5) is 24.7 Å². The molecule has 0 radical (unpaired) electrons. The first kappa shape index (κ1) is 22.1. The Morgan fingerprint density at radius 2 is 1.77 bits per heavy atom. The van der Waals surface area contributed by atoms with Gasteiger partial charge in [0.25, 0.3) is 0 Å². The number of nitrogens with one attached hydrogen (secondary N) is 1. The molecule has 1 fully saturated rings. The number of aromatic nitrogens is 1. The van der Waals surface area contributed by atoms with Crippen LogP contribution in [0.2, 0.25) is 0 Å². The molecule has 0 bridgehead atoms. The molecule has 0 atom stereocenters. The Hall–Kier alpha value is -2.61. The van der Waals surface area contributed by atoms with Gasteiger partial charge in [-0.1, -0.05) is 25.5 Å². The number of pyridine rings is 1. The van der Waals surface area contributed by atoms with E-state index in [1.807, 2.05) is 34.1 Å². The zero-order chi connectivity index (χ0) is 21.6. The van der Waals surface area contributed by atoms with Crippen molar-refractivity contribution in [2.24, 2.45) is 0 Å². The highest BCUT2D eigenvalue weighted by molar-refractivity contribution is 5.92. The molecule has 1 aliphatic heterocycles. The van der Waals surface area contributed by atoms with E-state index in [0.29, 0.717) is 32.0 Å². The number of aryl methyl sites for hydroxylation is 1. The molecule has 1 saturated heterocycles. The topological polar surface area (TPSA) is 48.5 Å². The molecule has 30 heavy (non-hydrogen) atoms. The van der Waals surface area contributed by atoms with Crippen LogP contribution in [0.3, 0.4) is 0 Å². The number of carbonyl (C=O) groups is 1. The van der Waals surface area contributed by atoms with Gasteiger partial charge in [-0.05, 0) is 42.7 Å². The molecule has 1 aromatic carbocycles. The zero-order valence-corrected chi connectivity index (χ0v) is 17.1. The lowest BCUT2D eigenvalue weighted by molar-refractivity contribution is -0.137. The van der Waals surface area contributed by atoms with Crippen molar-refractivity contribution < 1.29 is 18.0 Å². The lowest BCUT2D eigenvalue weighted by atomic mass is 10.1. The molecule has 1 aliphatic rings. The van der Waals surface area contributed by atoms with E-state index in [9.17, 15) is 18.0 Å². The number of piperazine rings is 1. The van der Waals surface area contributed by atoms with Gasteiger partial charge in [0.15, 0.2) is 0 Å². The molecule has 2 heterocycles. The summed E-state index contributed by atoms with van der Waals surface area (Å²) in [6.07, 6.45) is -0.167. The van der Waals surface area contributed by atoms with Crippen molar-refractivity contribution in [1.29, 1.82) is 0 Å². The van der Waals surface area contributed by atoms with Crippen LogP contribution in [0.1, 0.15) is 30.9 Å². The first-order valence-corrected chi connectivity index (χ1v) is 10.2. The lowest BCUT2D eigenvalue weighted by Gasteiger charge is -2.35. The third kappa shape index (κ3) is 6.19. The number of alkyl halides is 3. The number of carbonyl (C=O) groups excluding carboxylic acids is 1. The number of halogens is 3. The zero-order valence-electron chi connectivity index (χ0n) is 17.1. The number of amides is 1. The van der Waals surface area contributed by atoms with Crippen LogP contribution in [-0.2, 0) is 17.4 Å². The molecule has 0 spiro atoms. The van der Waals surface area contributed by atoms with Gasteiger partial charge < -0.3 is 10.2 Å². The van der Waals surface area contributed by atoms with E-state index >= 15 is 0 Å². The second kappa shape index (κ2) is 9.93. The number of hydrogen-bond donors (Lipinski definition) is 1. The van der Waals surface area contributed by atoms with Gasteiger partial charge in [0, 0.05) is 38.1 Å². The molecule has 2 aromatic rings. The number of unbranched alkanes of at least 4 members (excludes halogenated alkanes) is 1. The van der Waals surface area contributed by atoms with Crippen molar-refractivity contribution >= 4 is 17.4 Å². The SMILES string of the molecule is CCCCc1ccc(NC(=O)CN2CCN(c3ccc(C(F)(F)F)cn3)CC2)cc1. The average molecular weight is 420 g/mol. The van der Waals surface area contributed by atoms with Gasteiger partial charge in [-0.25, -0.2) is 4.98 Å². The van der Waals surface area contributed by atoms with E-state index in [0.717, 1.165) is 37.2 Å². The average Bonchev–Trinajstić information content (AvgIpc) is 2.73. The second-order valence-corrected chi connectivity index (χ2v) is 7.51. The van der Waals surface area contributed by atoms with Crippen molar-refractivity contribution in [1.82, 2.24) is 9.88 Å². The molecule has 1 N–H and O–H groups in total. The molecule has 1 amide bonds. The Bertz CT molecular complexity index is 814. The van der Waals surface area contributed by atoms with E-state index in [-0.39, 0.29) is 12.5 Å². The highest BCUT2D eigenvalue weighted by Gasteiger charge is 2.31. The van der Waals surface area contributed by atoms with Gasteiger partial charge in [0.05, 0.1) is 12.1 Å². The minimum atomic E-state index is -4.38. The van der Waals surface area contributed by atoms with Crippen LogP contribution in [0, 0.1) is 0 Å². The van der Waals surface area contributed by atoms with E-state index in [1.54, 1.807) is 0 Å². The predicted octanol–water partition coefficient (Wildman–Crippen LogP) is 4.20. The van der Waals surface area contributed by atoms with Gasteiger partial charge in [-0.2, -0.15) is 13.2 Å². The predicted molar refractivity (Wildman–Crippen MR) is 112 cm³/mol. The minimum absolute atomic E-state index is 0.0718. The number of benzene rings is 1. The Balaban J connectivity index is 1.44. The van der Waals surface area contributed by atoms with E-state index < -0.39 is 11.7 Å². The minimum Gasteiger partial charge on any atom is -0.354 e. The number of anilines is 2. The second-order valence-electron chi connectivity index (χ2n) is 7.51. The monoisotopic (exact) mass is 420 g/mol. The Labute approximate surface area is 174 Å². The Morgan fingerprint density at radius 1 is 1.07 bits per heavy atom. The summed E-state index contributed by atoms with van der Waals surface area (Å²) in [5.41, 5.74) is 1.30. The smallest absolute Gasteiger partial charge is 0.354 e. The van der Waals surface area contributed by atoms with Crippen LogP contribution in [0.15, 0.2) is 42.6 Å². The molecule has 0 saturated carbocycles. The summed E-state index contributed by atoms with van der Waals surface area (Å²) in [4.78, 5) is 20.2. The molecule has 5 nitrogen and oxygen atoms in total. The molecule has 0 aliphatic carbocycles. The van der Waals surface area contributed by atoms with Crippen molar-refractivity contribution in [3.63, 3.8) is 0 Å². The fourth-order valence-corrected chi connectivity index (χ4v) is 3.42. The van der Waals surface area contributed by atoms with Crippen LogP contribution < -0.4 is 10.2 Å². The highest BCUT2D eigenvalue weighted by Crippen LogP contribution is 2.29. The maximum absolute atomic E-state index is 12.7. The molecule has 162 valence electrons. The summed E-state index contributed by atoms with van der Waals surface area (Å²) < 4.78 is 38.0. The number of nitrogens with zero attached hydrogens (tertiary/aromatic N) is 3. The van der Waals surface area contributed by atoms with E-state index in [4.69, 9.17) is 0 Å². The third-order valence-electron chi connectivity index (χ3n) is 5.20. The maximum Gasteiger partial charge on any atom is 0.417 e. The Kier molecular flexibility index (Phi) is 7.31. The largest absolute Gasteiger partial charge is 0.417 e. The van der Waals surface area contributed by atoms with Gasteiger partial charge in [0.2, 0.25) is 5.91 Å². The first-order chi connectivity index (χ1) is 14.3. The van der Waals surface area contributed by atoms with Crippen LogP contribution in [0.25, 0.3) is 0 Å². The highest BCUT2D eigenvalue weighted by atomic mass is 19.4. The molecule has 3 rings (SSSR count). The van der Waals surface area contributed by atoms with Crippen molar-refractivity contribution in [2.45, 2.75) is 32.4 Å². The summed E-state index contributed by atoms with van der Waals surface area (Å²) >= 11 is 0. The number of hydrogen-bond acceptors (Lipinski definition) is 4. The lowest BCUT2D eigenvalue weighted by Crippen LogP contribution is -2.48. The van der Waals surface area contributed by atoms with E-state index in [2.05, 4.69) is 17.2 Å². The van der Waals surface area contributed by atoms with Crippen LogP contribution in [0.5, 0.6) is 0 Å². The molecular formula is C22H27F3N4O. The normalized spacial score (nSPS) is 15.3. The number of rotatable bonds is 7.